The van der Waals surface area contributed by atoms with Crippen LogP contribution in [-0.2, 0) is 0 Å². The number of benzene rings is 2. The van der Waals surface area contributed by atoms with E-state index in [1.54, 1.807) is 0 Å². The van der Waals surface area contributed by atoms with Crippen molar-refractivity contribution in [2.45, 2.75) is 84.2 Å². The molecule has 3 nitrogen and oxygen atoms in total. The Balaban J connectivity index is 1.67. The number of para-hydroxylation sites is 1. The van der Waals surface area contributed by atoms with Crippen LogP contribution in [-0.4, -0.2) is 16.9 Å². The zero-order valence-electron chi connectivity index (χ0n) is 19.4. The highest BCUT2D eigenvalue weighted by Crippen LogP contribution is 2.36. The number of hydrogen-bond donors (Lipinski definition) is 1. The Kier molecular flexibility index (Phi) is 6.71. The maximum atomic E-state index is 12.9. The number of rotatable bonds is 7. The van der Waals surface area contributed by atoms with Crippen LogP contribution in [0.2, 0.25) is 0 Å². The molecule has 0 bridgehead atoms. The summed E-state index contributed by atoms with van der Waals surface area (Å²) in [5.74, 6) is 2.74. The molecule has 0 aromatic heterocycles. The second-order valence-corrected chi connectivity index (χ2v) is 10.3. The van der Waals surface area contributed by atoms with Crippen molar-refractivity contribution in [3.8, 4) is 11.5 Å². The molecule has 1 aliphatic rings. The van der Waals surface area contributed by atoms with E-state index < -0.39 is 0 Å². The molecule has 1 atom stereocenters. The summed E-state index contributed by atoms with van der Waals surface area (Å²) in [7, 11) is 0. The minimum atomic E-state index is 0.0629. The van der Waals surface area contributed by atoms with Gasteiger partial charge < -0.3 is 10.1 Å². The van der Waals surface area contributed by atoms with Gasteiger partial charge in [-0.3, -0.25) is 4.79 Å². The first kappa shape index (κ1) is 22.6. The summed E-state index contributed by atoms with van der Waals surface area (Å²) < 4.78 is 6.15. The number of Topliss-reactive ketones (excluding diaryl/α,β-unsaturated/α-hetero) is 1. The van der Waals surface area contributed by atoms with Gasteiger partial charge in [0.2, 0.25) is 0 Å². The lowest BCUT2D eigenvalue weighted by atomic mass is 9.74. The lowest BCUT2D eigenvalue weighted by molar-refractivity contribution is 0.0864. The number of piperidine rings is 1. The van der Waals surface area contributed by atoms with E-state index in [-0.39, 0.29) is 16.9 Å². The molecule has 2 aromatic rings. The molecule has 1 fully saturated rings. The Morgan fingerprint density at radius 3 is 2.23 bits per heavy atom. The van der Waals surface area contributed by atoms with E-state index in [1.807, 2.05) is 36.4 Å². The second kappa shape index (κ2) is 8.93. The highest BCUT2D eigenvalue weighted by molar-refractivity contribution is 5.96. The molecule has 3 heteroatoms. The van der Waals surface area contributed by atoms with Gasteiger partial charge >= 0.3 is 0 Å². The van der Waals surface area contributed by atoms with E-state index in [2.05, 4.69) is 59.0 Å². The fraction of sp³-hybridized carbons (Fsp3) is 0.519. The molecule has 1 aliphatic heterocycles. The minimum Gasteiger partial charge on any atom is -0.457 e. The maximum absolute atomic E-state index is 12.9. The molecule has 0 amide bonds. The van der Waals surface area contributed by atoms with Crippen LogP contribution in [0, 0.1) is 5.92 Å². The first-order valence-corrected chi connectivity index (χ1v) is 11.3. The molecule has 30 heavy (non-hydrogen) atoms. The van der Waals surface area contributed by atoms with Crippen molar-refractivity contribution in [2.24, 2.45) is 5.92 Å². The summed E-state index contributed by atoms with van der Waals surface area (Å²) in [6.45, 7) is 13.3. The number of carbonyl (C=O) groups excluding carboxylic acids is 1. The monoisotopic (exact) mass is 407 g/mol. The molecule has 1 unspecified atom stereocenters. The predicted octanol–water partition coefficient (Wildman–Crippen LogP) is 7.12. The van der Waals surface area contributed by atoms with Gasteiger partial charge in [-0.25, -0.2) is 0 Å². The van der Waals surface area contributed by atoms with Crippen molar-refractivity contribution < 1.29 is 9.53 Å². The van der Waals surface area contributed by atoms with Gasteiger partial charge in [0, 0.05) is 23.1 Å². The zero-order valence-corrected chi connectivity index (χ0v) is 19.4. The highest BCUT2D eigenvalue weighted by Gasteiger charge is 2.38. The van der Waals surface area contributed by atoms with E-state index in [1.165, 1.54) is 5.56 Å². The summed E-state index contributed by atoms with van der Waals surface area (Å²) in [5.41, 5.74) is 2.11. The number of ketones is 1. The summed E-state index contributed by atoms with van der Waals surface area (Å²) in [5, 5.41) is 3.69. The Hall–Kier alpha value is -2.13. The Labute approximate surface area is 182 Å². The van der Waals surface area contributed by atoms with Crippen LogP contribution in [0.5, 0.6) is 11.5 Å². The van der Waals surface area contributed by atoms with Crippen LogP contribution in [0.1, 0.15) is 89.1 Å². The van der Waals surface area contributed by atoms with Crippen molar-refractivity contribution in [3.05, 3.63) is 59.7 Å². The Morgan fingerprint density at radius 1 is 1.03 bits per heavy atom. The van der Waals surface area contributed by atoms with Gasteiger partial charge in [0.05, 0.1) is 0 Å². The van der Waals surface area contributed by atoms with Gasteiger partial charge in [0.25, 0.3) is 0 Å². The smallest absolute Gasteiger partial charge is 0.163 e. The van der Waals surface area contributed by atoms with E-state index in [0.29, 0.717) is 18.3 Å². The van der Waals surface area contributed by atoms with Gasteiger partial charge in [-0.15, -0.1) is 0 Å². The quantitative estimate of drug-likeness (QED) is 0.496. The Bertz CT molecular complexity index is 851. The standard InChI is InChI=1S/C27H37NO2/c1-7-19(2)23-10-8-9-11-25(23)30-22-14-12-21(13-15-22)24(29)16-20-17-26(3,4)28-27(5,6)18-20/h8-15,19-20,28H,7,16-18H2,1-6H3. The second-order valence-electron chi connectivity index (χ2n) is 10.3. The average Bonchev–Trinajstić information content (AvgIpc) is 2.66. The molecule has 162 valence electrons. The van der Waals surface area contributed by atoms with E-state index in [9.17, 15) is 4.79 Å². The molecule has 0 radical (unpaired) electrons. The third-order valence-corrected chi connectivity index (χ3v) is 6.22. The molecule has 1 heterocycles. The third kappa shape index (κ3) is 5.72. The lowest BCUT2D eigenvalue weighted by Crippen LogP contribution is -2.57. The molecule has 1 N–H and O–H groups in total. The van der Waals surface area contributed by atoms with Gasteiger partial charge in [-0.1, -0.05) is 32.0 Å². The molecular weight excluding hydrogens is 370 g/mol. The molecule has 1 saturated heterocycles. The molecule has 0 saturated carbocycles. The first-order chi connectivity index (χ1) is 14.1. The van der Waals surface area contributed by atoms with Gasteiger partial charge in [0.15, 0.2) is 5.78 Å². The van der Waals surface area contributed by atoms with Gasteiger partial charge in [0.1, 0.15) is 11.5 Å². The van der Waals surface area contributed by atoms with Crippen LogP contribution >= 0.6 is 0 Å². The summed E-state index contributed by atoms with van der Waals surface area (Å²) in [6.07, 6.45) is 3.72. The molecular formula is C27H37NO2. The van der Waals surface area contributed by atoms with Crippen molar-refractivity contribution in [1.29, 1.82) is 0 Å². The normalized spacial score (nSPS) is 19.3. The van der Waals surface area contributed by atoms with Gasteiger partial charge in [-0.2, -0.15) is 0 Å². The van der Waals surface area contributed by atoms with E-state index in [0.717, 1.165) is 36.3 Å². The summed E-state index contributed by atoms with van der Waals surface area (Å²) in [6, 6.07) is 15.8. The SMILES string of the molecule is CCC(C)c1ccccc1Oc1ccc(C(=O)CC2CC(C)(C)NC(C)(C)C2)cc1. The summed E-state index contributed by atoms with van der Waals surface area (Å²) >= 11 is 0. The predicted molar refractivity (Wildman–Crippen MR) is 125 cm³/mol. The lowest BCUT2D eigenvalue weighted by Gasteiger charge is -2.46. The third-order valence-electron chi connectivity index (χ3n) is 6.22. The number of nitrogens with one attached hydrogen (secondary N) is 1. The van der Waals surface area contributed by atoms with E-state index >= 15 is 0 Å². The molecule has 2 aromatic carbocycles. The molecule has 0 spiro atoms. The van der Waals surface area contributed by atoms with Crippen LogP contribution in [0.25, 0.3) is 0 Å². The van der Waals surface area contributed by atoms with Crippen LogP contribution in [0.15, 0.2) is 48.5 Å². The van der Waals surface area contributed by atoms with Crippen molar-refractivity contribution in [1.82, 2.24) is 5.32 Å². The van der Waals surface area contributed by atoms with Gasteiger partial charge in [-0.05, 0) is 94.7 Å². The average molecular weight is 408 g/mol. The number of hydrogen-bond acceptors (Lipinski definition) is 3. The van der Waals surface area contributed by atoms with Crippen molar-refractivity contribution in [3.63, 3.8) is 0 Å². The molecule has 0 aliphatic carbocycles. The topological polar surface area (TPSA) is 38.3 Å². The highest BCUT2D eigenvalue weighted by atomic mass is 16.5. The number of carbonyl (C=O) groups is 1. The first-order valence-electron chi connectivity index (χ1n) is 11.3. The van der Waals surface area contributed by atoms with Crippen molar-refractivity contribution in [2.75, 3.05) is 0 Å². The van der Waals surface area contributed by atoms with Crippen LogP contribution in [0.3, 0.4) is 0 Å². The molecule has 3 rings (SSSR count). The van der Waals surface area contributed by atoms with E-state index in [4.69, 9.17) is 4.74 Å². The summed E-state index contributed by atoms with van der Waals surface area (Å²) in [4.78, 5) is 12.9. The fourth-order valence-electron chi connectivity index (χ4n) is 5.09. The van der Waals surface area contributed by atoms with Crippen LogP contribution < -0.4 is 10.1 Å². The minimum absolute atomic E-state index is 0.0629. The maximum Gasteiger partial charge on any atom is 0.163 e. The van der Waals surface area contributed by atoms with Crippen molar-refractivity contribution >= 4 is 5.78 Å². The Morgan fingerprint density at radius 2 is 1.63 bits per heavy atom. The van der Waals surface area contributed by atoms with Crippen LogP contribution in [0.4, 0.5) is 0 Å². The fourth-order valence-corrected chi connectivity index (χ4v) is 5.09. The number of ether oxygens (including phenoxy) is 1. The zero-order chi connectivity index (χ0) is 21.9. The largest absolute Gasteiger partial charge is 0.457 e.